The van der Waals surface area contributed by atoms with Gasteiger partial charge in [-0.05, 0) is 37.4 Å². The van der Waals surface area contributed by atoms with Gasteiger partial charge in [-0.3, -0.25) is 10.1 Å². The number of fused-ring (bicyclic) bond motifs is 1. The number of aromatic nitrogens is 4. The number of aromatic amines is 1. The highest BCUT2D eigenvalue weighted by atomic mass is 35.5. The first-order valence-corrected chi connectivity index (χ1v) is 7.70. The van der Waals surface area contributed by atoms with Crippen LogP contribution in [0.25, 0.3) is 11.5 Å². The first kappa shape index (κ1) is 13.0. The molecule has 21 heavy (non-hydrogen) atoms. The smallest absolute Gasteiger partial charge is 0.245 e. The van der Waals surface area contributed by atoms with Gasteiger partial charge in [0.1, 0.15) is 5.69 Å². The Bertz CT molecular complexity index is 611. The van der Waals surface area contributed by atoms with Crippen molar-refractivity contribution in [3.8, 4) is 11.5 Å². The van der Waals surface area contributed by atoms with Crippen LogP contribution in [0.15, 0.2) is 18.3 Å². The number of nitrogens with one attached hydrogen (secondary N) is 2. The number of rotatable bonds is 2. The molecule has 6 nitrogen and oxygen atoms in total. The molecule has 2 N–H and O–H groups in total. The highest BCUT2D eigenvalue weighted by molar-refractivity contribution is 6.30. The van der Waals surface area contributed by atoms with E-state index in [1.165, 1.54) is 12.8 Å². The Morgan fingerprint density at radius 2 is 2.24 bits per heavy atom. The summed E-state index contributed by atoms with van der Waals surface area (Å²) >= 11 is 5.85. The van der Waals surface area contributed by atoms with Crippen molar-refractivity contribution in [2.24, 2.45) is 5.92 Å². The maximum absolute atomic E-state index is 5.85. The van der Waals surface area contributed by atoms with Crippen LogP contribution in [0.1, 0.15) is 12.8 Å². The highest BCUT2D eigenvalue weighted by Crippen LogP contribution is 2.28. The van der Waals surface area contributed by atoms with Crippen LogP contribution >= 0.6 is 11.6 Å². The first-order valence-electron chi connectivity index (χ1n) is 7.32. The van der Waals surface area contributed by atoms with Crippen molar-refractivity contribution < 1.29 is 0 Å². The second kappa shape index (κ2) is 5.27. The van der Waals surface area contributed by atoms with E-state index in [0.29, 0.717) is 22.8 Å². The molecule has 4 rings (SSSR count). The van der Waals surface area contributed by atoms with E-state index in [1.807, 2.05) is 6.07 Å². The summed E-state index contributed by atoms with van der Waals surface area (Å²) in [6.07, 6.45) is 4.18. The molecule has 7 heteroatoms. The van der Waals surface area contributed by atoms with E-state index < -0.39 is 0 Å². The third-order valence-corrected chi connectivity index (χ3v) is 4.55. The quantitative estimate of drug-likeness (QED) is 0.884. The second-order valence-electron chi connectivity index (χ2n) is 5.71. The summed E-state index contributed by atoms with van der Waals surface area (Å²) in [4.78, 5) is 11.1. The number of H-pyrrole nitrogens is 1. The minimum Gasteiger partial charge on any atom is -0.338 e. The highest BCUT2D eigenvalue weighted by Gasteiger charge is 2.35. The maximum Gasteiger partial charge on any atom is 0.245 e. The van der Waals surface area contributed by atoms with Gasteiger partial charge in [0.25, 0.3) is 0 Å². The van der Waals surface area contributed by atoms with Crippen LogP contribution in [-0.4, -0.2) is 45.8 Å². The summed E-state index contributed by atoms with van der Waals surface area (Å²) < 4.78 is 0. The summed E-state index contributed by atoms with van der Waals surface area (Å²) in [6.45, 7) is 3.14. The zero-order valence-electron chi connectivity index (χ0n) is 11.6. The fourth-order valence-corrected chi connectivity index (χ4v) is 3.35. The summed E-state index contributed by atoms with van der Waals surface area (Å²) in [5, 5.41) is 11.5. The van der Waals surface area contributed by atoms with Crippen molar-refractivity contribution in [2.75, 3.05) is 24.5 Å². The van der Waals surface area contributed by atoms with E-state index in [0.717, 1.165) is 31.3 Å². The fourth-order valence-electron chi connectivity index (χ4n) is 3.23. The number of halogens is 1. The molecule has 2 fully saturated rings. The zero-order chi connectivity index (χ0) is 14.2. The molecule has 0 saturated carbocycles. The van der Waals surface area contributed by atoms with Gasteiger partial charge in [-0.2, -0.15) is 4.98 Å². The van der Waals surface area contributed by atoms with E-state index >= 15 is 0 Å². The molecule has 0 radical (unpaired) electrons. The standard InChI is InChI=1S/C14H17ClN6/c15-10-3-4-11(17-6-10)13-18-14(20-19-13)21-7-9-2-1-5-16-12(9)8-21/h3-4,6,9,12,16H,1-2,5,7-8H2,(H,18,19,20). The van der Waals surface area contributed by atoms with Crippen LogP contribution in [0.5, 0.6) is 0 Å². The summed E-state index contributed by atoms with van der Waals surface area (Å²) in [7, 11) is 0. The molecule has 110 valence electrons. The summed E-state index contributed by atoms with van der Waals surface area (Å²) in [6, 6.07) is 4.23. The molecule has 0 bridgehead atoms. The molecule has 0 amide bonds. The predicted octanol–water partition coefficient (Wildman–Crippen LogP) is 1.71. The van der Waals surface area contributed by atoms with Crippen LogP contribution in [0.3, 0.4) is 0 Å². The van der Waals surface area contributed by atoms with E-state index in [1.54, 1.807) is 12.3 Å². The SMILES string of the molecule is Clc1ccc(-c2nc(N3CC4CCCNC4C3)n[nH]2)nc1. The Balaban J connectivity index is 1.53. The van der Waals surface area contributed by atoms with Gasteiger partial charge in [-0.25, -0.2) is 0 Å². The van der Waals surface area contributed by atoms with Gasteiger partial charge in [0, 0.05) is 25.3 Å². The Labute approximate surface area is 127 Å². The Kier molecular flexibility index (Phi) is 3.27. The Morgan fingerprint density at radius 3 is 3.05 bits per heavy atom. The van der Waals surface area contributed by atoms with Crippen molar-refractivity contribution >= 4 is 17.5 Å². The molecule has 2 unspecified atom stereocenters. The lowest BCUT2D eigenvalue weighted by Gasteiger charge is -2.24. The van der Waals surface area contributed by atoms with Crippen molar-refractivity contribution in [3.05, 3.63) is 23.4 Å². The van der Waals surface area contributed by atoms with Crippen LogP contribution in [-0.2, 0) is 0 Å². The monoisotopic (exact) mass is 304 g/mol. The molecule has 0 spiro atoms. The largest absolute Gasteiger partial charge is 0.338 e. The number of anilines is 1. The van der Waals surface area contributed by atoms with E-state index in [-0.39, 0.29) is 0 Å². The van der Waals surface area contributed by atoms with Gasteiger partial charge in [0.15, 0.2) is 5.82 Å². The number of piperidine rings is 1. The Hall–Kier alpha value is -1.66. The Morgan fingerprint density at radius 1 is 1.29 bits per heavy atom. The fraction of sp³-hybridized carbons (Fsp3) is 0.500. The third kappa shape index (κ3) is 2.49. The number of nitrogens with zero attached hydrogens (tertiary/aromatic N) is 4. The van der Waals surface area contributed by atoms with Crippen LogP contribution < -0.4 is 10.2 Å². The van der Waals surface area contributed by atoms with Gasteiger partial charge in [0.2, 0.25) is 5.95 Å². The molecule has 2 aromatic heterocycles. The molecule has 2 aromatic rings. The topological polar surface area (TPSA) is 69.7 Å². The molecule has 0 aromatic carbocycles. The van der Waals surface area contributed by atoms with Crippen molar-refractivity contribution in [3.63, 3.8) is 0 Å². The minimum atomic E-state index is 0.578. The van der Waals surface area contributed by atoms with E-state index in [9.17, 15) is 0 Å². The van der Waals surface area contributed by atoms with Gasteiger partial charge in [-0.1, -0.05) is 11.6 Å². The van der Waals surface area contributed by atoms with Crippen molar-refractivity contribution in [1.29, 1.82) is 0 Å². The number of hydrogen-bond donors (Lipinski definition) is 2. The van der Waals surface area contributed by atoms with Crippen molar-refractivity contribution in [1.82, 2.24) is 25.5 Å². The lowest BCUT2D eigenvalue weighted by molar-refractivity contribution is 0.340. The lowest BCUT2D eigenvalue weighted by Crippen LogP contribution is -2.40. The predicted molar refractivity (Wildman–Crippen MR) is 81.4 cm³/mol. The zero-order valence-corrected chi connectivity index (χ0v) is 12.3. The molecule has 4 heterocycles. The average Bonchev–Trinajstić information content (AvgIpc) is 3.14. The van der Waals surface area contributed by atoms with Gasteiger partial charge in [-0.15, -0.1) is 5.10 Å². The third-order valence-electron chi connectivity index (χ3n) is 4.33. The van der Waals surface area contributed by atoms with Crippen LogP contribution in [0, 0.1) is 5.92 Å². The van der Waals surface area contributed by atoms with Gasteiger partial charge in [0.05, 0.1) is 5.02 Å². The molecule has 2 atom stereocenters. The van der Waals surface area contributed by atoms with Crippen LogP contribution in [0.4, 0.5) is 5.95 Å². The van der Waals surface area contributed by atoms with Gasteiger partial charge >= 0.3 is 0 Å². The minimum absolute atomic E-state index is 0.578. The summed E-state index contributed by atoms with van der Waals surface area (Å²) in [5.41, 5.74) is 0.757. The normalized spacial score (nSPS) is 25.1. The molecule has 2 aliphatic rings. The van der Waals surface area contributed by atoms with E-state index in [2.05, 4.69) is 30.4 Å². The van der Waals surface area contributed by atoms with Crippen molar-refractivity contribution in [2.45, 2.75) is 18.9 Å². The number of hydrogen-bond acceptors (Lipinski definition) is 5. The molecule has 0 aliphatic carbocycles. The molecular weight excluding hydrogens is 288 g/mol. The second-order valence-corrected chi connectivity index (χ2v) is 6.15. The molecule has 2 saturated heterocycles. The summed E-state index contributed by atoms with van der Waals surface area (Å²) in [5.74, 6) is 2.16. The lowest BCUT2D eigenvalue weighted by atomic mass is 9.94. The first-order chi connectivity index (χ1) is 10.3. The average molecular weight is 305 g/mol. The van der Waals surface area contributed by atoms with Crippen LogP contribution in [0.2, 0.25) is 5.02 Å². The molecule has 2 aliphatic heterocycles. The maximum atomic E-state index is 5.85. The number of pyridine rings is 1. The van der Waals surface area contributed by atoms with Gasteiger partial charge < -0.3 is 10.2 Å². The molecular formula is C14H17ClN6. The van der Waals surface area contributed by atoms with E-state index in [4.69, 9.17) is 11.6 Å².